The van der Waals surface area contributed by atoms with Crippen molar-refractivity contribution in [3.8, 4) is 0 Å². The SMILES string of the molecule is CN(C)[C@H](C(=O)NCCCSC1CCCCC1)c1ccccc1F. The monoisotopic (exact) mass is 352 g/mol. The van der Waals surface area contributed by atoms with Gasteiger partial charge in [-0.2, -0.15) is 11.8 Å². The summed E-state index contributed by atoms with van der Waals surface area (Å²) in [5.74, 6) is 0.615. The summed E-state index contributed by atoms with van der Waals surface area (Å²) >= 11 is 2.04. The molecule has 1 amide bonds. The summed E-state index contributed by atoms with van der Waals surface area (Å²) in [6.07, 6.45) is 7.75. The molecule has 134 valence electrons. The molecule has 1 aliphatic carbocycles. The molecule has 1 atom stereocenters. The third-order valence-corrected chi connectivity index (χ3v) is 5.96. The molecule has 0 spiro atoms. The summed E-state index contributed by atoms with van der Waals surface area (Å²) in [5, 5.41) is 3.77. The normalized spacial score (nSPS) is 17.0. The highest BCUT2D eigenvalue weighted by atomic mass is 32.2. The Balaban J connectivity index is 1.76. The molecular weight excluding hydrogens is 323 g/mol. The fourth-order valence-corrected chi connectivity index (χ4v) is 4.52. The third-order valence-electron chi connectivity index (χ3n) is 4.49. The van der Waals surface area contributed by atoms with E-state index in [9.17, 15) is 9.18 Å². The van der Waals surface area contributed by atoms with E-state index in [1.807, 2.05) is 11.8 Å². The number of hydrogen-bond donors (Lipinski definition) is 1. The molecule has 1 saturated carbocycles. The van der Waals surface area contributed by atoms with Crippen LogP contribution in [0.2, 0.25) is 0 Å². The number of thioether (sulfide) groups is 1. The van der Waals surface area contributed by atoms with Crippen LogP contribution in [0.3, 0.4) is 0 Å². The highest BCUT2D eigenvalue weighted by Gasteiger charge is 2.25. The number of likely N-dealkylation sites (N-methyl/N-ethyl adjacent to an activating group) is 1. The fourth-order valence-electron chi connectivity index (χ4n) is 3.21. The van der Waals surface area contributed by atoms with Crippen LogP contribution >= 0.6 is 11.8 Å². The lowest BCUT2D eigenvalue weighted by molar-refractivity contribution is -0.125. The van der Waals surface area contributed by atoms with E-state index < -0.39 is 6.04 Å². The Bertz CT molecular complexity index is 518. The molecule has 1 aromatic carbocycles. The summed E-state index contributed by atoms with van der Waals surface area (Å²) in [5.41, 5.74) is 0.427. The maximum absolute atomic E-state index is 14.0. The van der Waals surface area contributed by atoms with E-state index in [0.29, 0.717) is 12.1 Å². The van der Waals surface area contributed by atoms with Crippen LogP contribution < -0.4 is 5.32 Å². The second kappa shape index (κ2) is 10.0. The van der Waals surface area contributed by atoms with Crippen LogP contribution in [-0.4, -0.2) is 42.4 Å². The first-order valence-corrected chi connectivity index (χ1v) is 9.94. The van der Waals surface area contributed by atoms with Gasteiger partial charge in [0, 0.05) is 17.4 Å². The van der Waals surface area contributed by atoms with E-state index in [1.54, 1.807) is 37.2 Å². The zero-order chi connectivity index (χ0) is 17.4. The predicted molar refractivity (Wildman–Crippen MR) is 99.8 cm³/mol. The van der Waals surface area contributed by atoms with Crippen LogP contribution in [0.25, 0.3) is 0 Å². The van der Waals surface area contributed by atoms with Crippen LogP contribution in [0.4, 0.5) is 4.39 Å². The number of carbonyl (C=O) groups excluding carboxylic acids is 1. The summed E-state index contributed by atoms with van der Waals surface area (Å²) < 4.78 is 14.0. The van der Waals surface area contributed by atoms with Gasteiger partial charge in [0.15, 0.2) is 0 Å². The van der Waals surface area contributed by atoms with Crippen LogP contribution in [0.1, 0.15) is 50.1 Å². The van der Waals surface area contributed by atoms with Crippen LogP contribution in [-0.2, 0) is 4.79 Å². The fraction of sp³-hybridized carbons (Fsp3) is 0.632. The number of halogens is 1. The topological polar surface area (TPSA) is 32.3 Å². The van der Waals surface area contributed by atoms with E-state index in [4.69, 9.17) is 0 Å². The molecule has 3 nitrogen and oxygen atoms in total. The summed E-state index contributed by atoms with van der Waals surface area (Å²) in [7, 11) is 3.60. The number of hydrogen-bond acceptors (Lipinski definition) is 3. The van der Waals surface area contributed by atoms with Gasteiger partial charge in [-0.25, -0.2) is 4.39 Å². The Morgan fingerprint density at radius 1 is 1.29 bits per heavy atom. The van der Waals surface area contributed by atoms with E-state index >= 15 is 0 Å². The number of amides is 1. The van der Waals surface area contributed by atoms with Crippen molar-refractivity contribution in [2.45, 2.75) is 49.8 Å². The Morgan fingerprint density at radius 3 is 2.67 bits per heavy atom. The van der Waals surface area contributed by atoms with Gasteiger partial charge < -0.3 is 5.32 Å². The average molecular weight is 353 g/mol. The van der Waals surface area contributed by atoms with Crippen LogP contribution in [0.15, 0.2) is 24.3 Å². The first-order valence-electron chi connectivity index (χ1n) is 8.89. The van der Waals surface area contributed by atoms with Gasteiger partial charge in [0.2, 0.25) is 5.91 Å². The molecular formula is C19H29FN2OS. The number of nitrogens with zero attached hydrogens (tertiary/aromatic N) is 1. The largest absolute Gasteiger partial charge is 0.354 e. The molecule has 0 radical (unpaired) electrons. The minimum Gasteiger partial charge on any atom is -0.354 e. The van der Waals surface area contributed by atoms with Gasteiger partial charge >= 0.3 is 0 Å². The molecule has 0 aliphatic heterocycles. The van der Waals surface area contributed by atoms with E-state index in [1.165, 1.54) is 38.2 Å². The summed E-state index contributed by atoms with van der Waals surface area (Å²) in [6.45, 7) is 0.650. The quantitative estimate of drug-likeness (QED) is 0.718. The second-order valence-electron chi connectivity index (χ2n) is 6.66. The highest BCUT2D eigenvalue weighted by molar-refractivity contribution is 7.99. The number of nitrogens with one attached hydrogen (secondary N) is 1. The van der Waals surface area contributed by atoms with E-state index in [2.05, 4.69) is 5.32 Å². The molecule has 24 heavy (non-hydrogen) atoms. The van der Waals surface area contributed by atoms with Gasteiger partial charge in [0.25, 0.3) is 0 Å². The van der Waals surface area contributed by atoms with E-state index in [-0.39, 0.29) is 11.7 Å². The molecule has 0 heterocycles. The molecule has 0 saturated heterocycles. The van der Waals surface area contributed by atoms with Gasteiger partial charge in [-0.1, -0.05) is 37.5 Å². The number of carbonyl (C=O) groups is 1. The van der Waals surface area contributed by atoms with E-state index in [0.717, 1.165) is 17.4 Å². The molecule has 1 N–H and O–H groups in total. The zero-order valence-corrected chi connectivity index (χ0v) is 15.6. The molecule has 2 rings (SSSR count). The standard InChI is InChI=1S/C19H29FN2OS/c1-22(2)18(16-11-6-7-12-17(16)20)19(23)21-13-8-14-24-15-9-4-3-5-10-15/h6-7,11-12,15,18H,3-5,8-10,13-14H2,1-2H3,(H,21,23)/t18-/m0/s1. The summed E-state index contributed by atoms with van der Waals surface area (Å²) in [6, 6.07) is 5.91. The molecule has 0 aromatic heterocycles. The van der Waals surface area contributed by atoms with Crippen LogP contribution in [0.5, 0.6) is 0 Å². The third kappa shape index (κ3) is 5.78. The minimum atomic E-state index is -0.586. The minimum absolute atomic E-state index is 0.132. The van der Waals surface area contributed by atoms with Crippen molar-refractivity contribution in [1.82, 2.24) is 10.2 Å². The number of benzene rings is 1. The van der Waals surface area contributed by atoms with Crippen molar-refractivity contribution >= 4 is 17.7 Å². The van der Waals surface area contributed by atoms with Crippen molar-refractivity contribution in [2.75, 3.05) is 26.4 Å². The zero-order valence-electron chi connectivity index (χ0n) is 14.8. The van der Waals surface area contributed by atoms with Gasteiger partial charge in [0.1, 0.15) is 11.9 Å². The lowest BCUT2D eigenvalue weighted by atomic mass is 10.0. The first kappa shape index (κ1) is 19.3. The van der Waals surface area contributed by atoms with Crippen molar-refractivity contribution in [3.63, 3.8) is 0 Å². The Hall–Kier alpha value is -1.07. The predicted octanol–water partition coefficient (Wildman–Crippen LogP) is 4.00. The first-order chi connectivity index (χ1) is 11.6. The molecule has 1 aliphatic rings. The van der Waals surface area contributed by atoms with Gasteiger partial charge in [-0.15, -0.1) is 0 Å². The maximum Gasteiger partial charge on any atom is 0.242 e. The van der Waals surface area contributed by atoms with Crippen molar-refractivity contribution < 1.29 is 9.18 Å². The second-order valence-corrected chi connectivity index (χ2v) is 8.07. The van der Waals surface area contributed by atoms with Crippen molar-refractivity contribution in [1.29, 1.82) is 0 Å². The molecule has 1 aromatic rings. The molecule has 0 bridgehead atoms. The lowest BCUT2D eigenvalue weighted by Gasteiger charge is -2.24. The van der Waals surface area contributed by atoms with Crippen molar-refractivity contribution in [2.24, 2.45) is 0 Å². The summed E-state index contributed by atoms with van der Waals surface area (Å²) in [4.78, 5) is 14.2. The smallest absolute Gasteiger partial charge is 0.242 e. The van der Waals surface area contributed by atoms with Gasteiger partial charge in [0.05, 0.1) is 0 Å². The number of rotatable bonds is 8. The van der Waals surface area contributed by atoms with Gasteiger partial charge in [-0.3, -0.25) is 9.69 Å². The van der Waals surface area contributed by atoms with Crippen molar-refractivity contribution in [3.05, 3.63) is 35.6 Å². The molecule has 0 unspecified atom stereocenters. The maximum atomic E-state index is 14.0. The Morgan fingerprint density at radius 2 is 2.00 bits per heavy atom. The molecule has 1 fully saturated rings. The average Bonchev–Trinajstić information content (AvgIpc) is 2.57. The highest BCUT2D eigenvalue weighted by Crippen LogP contribution is 2.28. The van der Waals surface area contributed by atoms with Gasteiger partial charge in [-0.05, 0) is 45.2 Å². The lowest BCUT2D eigenvalue weighted by Crippen LogP contribution is -2.38. The molecule has 5 heteroatoms. The Labute approximate surface area is 149 Å². The van der Waals surface area contributed by atoms with Crippen LogP contribution in [0, 0.1) is 5.82 Å². The Kier molecular flexibility index (Phi) is 8.06.